The van der Waals surface area contributed by atoms with Gasteiger partial charge in [-0.15, -0.1) is 0 Å². The normalized spacial score (nSPS) is 10.3. The molecule has 7 nitrogen and oxygen atoms in total. The first-order chi connectivity index (χ1) is 14.2. The molecule has 0 bridgehead atoms. The van der Waals surface area contributed by atoms with Crippen LogP contribution in [0.3, 0.4) is 0 Å². The van der Waals surface area contributed by atoms with Gasteiger partial charge in [-0.05, 0) is 55.3 Å². The predicted molar refractivity (Wildman–Crippen MR) is 112 cm³/mol. The van der Waals surface area contributed by atoms with Crippen LogP contribution >= 0.6 is 0 Å². The molecule has 3 rings (SSSR count). The molecule has 1 heterocycles. The van der Waals surface area contributed by atoms with E-state index >= 15 is 0 Å². The summed E-state index contributed by atoms with van der Waals surface area (Å²) < 4.78 is 10.6. The summed E-state index contributed by atoms with van der Waals surface area (Å²) in [6, 6.07) is 15.3. The summed E-state index contributed by atoms with van der Waals surface area (Å²) in [5.74, 6) is 1.91. The molecule has 1 aromatic heterocycles. The minimum Gasteiger partial charge on any atom is -0.497 e. The van der Waals surface area contributed by atoms with Crippen LogP contribution in [-0.2, 0) is 6.42 Å². The van der Waals surface area contributed by atoms with Gasteiger partial charge in [-0.1, -0.05) is 12.1 Å². The molecular formula is C22H24N4O3. The fraction of sp³-hybridized carbons (Fsp3) is 0.227. The molecule has 29 heavy (non-hydrogen) atoms. The molecule has 0 atom stereocenters. The van der Waals surface area contributed by atoms with E-state index in [1.54, 1.807) is 7.11 Å². The molecule has 0 saturated carbocycles. The minimum absolute atomic E-state index is 0.256. The lowest BCUT2D eigenvalue weighted by Crippen LogP contribution is -2.26. The van der Waals surface area contributed by atoms with Crippen LogP contribution in [-0.4, -0.2) is 36.1 Å². The van der Waals surface area contributed by atoms with Gasteiger partial charge >= 0.3 is 0 Å². The third-order valence-corrected chi connectivity index (χ3v) is 4.16. The number of hydrogen-bond donors (Lipinski definition) is 2. The van der Waals surface area contributed by atoms with Crippen molar-refractivity contribution < 1.29 is 14.3 Å². The maximum atomic E-state index is 12.3. The molecule has 0 fully saturated rings. The topological polar surface area (TPSA) is 85.4 Å². The van der Waals surface area contributed by atoms with Crippen LogP contribution in [0.2, 0.25) is 0 Å². The average molecular weight is 392 g/mol. The second-order valence-electron chi connectivity index (χ2n) is 6.23. The van der Waals surface area contributed by atoms with Gasteiger partial charge < -0.3 is 20.1 Å². The molecule has 0 aliphatic rings. The number of amides is 1. The van der Waals surface area contributed by atoms with Crippen LogP contribution in [0.4, 0.5) is 11.5 Å². The molecule has 150 valence electrons. The van der Waals surface area contributed by atoms with Crippen molar-refractivity contribution in [2.75, 3.05) is 25.6 Å². The molecular weight excluding hydrogens is 368 g/mol. The van der Waals surface area contributed by atoms with Crippen LogP contribution in [0.15, 0.2) is 60.9 Å². The number of rotatable bonds is 9. The molecule has 2 N–H and O–H groups in total. The Hall–Kier alpha value is -3.61. The fourth-order valence-electron chi connectivity index (χ4n) is 2.70. The van der Waals surface area contributed by atoms with Gasteiger partial charge in [0, 0.05) is 12.2 Å². The number of carbonyl (C=O) groups is 1. The zero-order valence-corrected chi connectivity index (χ0v) is 16.5. The van der Waals surface area contributed by atoms with E-state index in [1.807, 2.05) is 55.5 Å². The summed E-state index contributed by atoms with van der Waals surface area (Å²) >= 11 is 0. The molecule has 0 aliphatic carbocycles. The standard InChI is InChI=1S/C22H24N4O3/c1-3-29-18-9-7-17(8-10-18)26-21-15-24-20(14-25-21)22(27)23-12-11-16-5-4-6-19(13-16)28-2/h4-10,13-15H,3,11-12H2,1-2H3,(H,23,27)(H,25,26). The SMILES string of the molecule is CCOc1ccc(Nc2cnc(C(=O)NCCc3cccc(OC)c3)cn2)cc1. The van der Waals surface area contributed by atoms with E-state index in [1.165, 1.54) is 12.4 Å². The number of methoxy groups -OCH3 is 1. The van der Waals surface area contributed by atoms with E-state index in [0.717, 1.165) is 22.7 Å². The molecule has 7 heteroatoms. The highest BCUT2D eigenvalue weighted by Crippen LogP contribution is 2.18. The summed E-state index contributed by atoms with van der Waals surface area (Å²) in [6.07, 6.45) is 3.69. The van der Waals surface area contributed by atoms with E-state index < -0.39 is 0 Å². The van der Waals surface area contributed by atoms with Crippen LogP contribution < -0.4 is 20.1 Å². The molecule has 0 radical (unpaired) electrons. The molecule has 2 aromatic carbocycles. The molecule has 3 aromatic rings. The Balaban J connectivity index is 1.50. The summed E-state index contributed by atoms with van der Waals surface area (Å²) in [5.41, 5.74) is 2.22. The predicted octanol–water partition coefficient (Wildman–Crippen LogP) is 3.60. The lowest BCUT2D eigenvalue weighted by atomic mass is 10.1. The van der Waals surface area contributed by atoms with Crippen LogP contribution in [0.25, 0.3) is 0 Å². The second-order valence-corrected chi connectivity index (χ2v) is 6.23. The number of nitrogens with one attached hydrogen (secondary N) is 2. The zero-order valence-electron chi connectivity index (χ0n) is 16.5. The van der Waals surface area contributed by atoms with Crippen LogP contribution in [0.5, 0.6) is 11.5 Å². The van der Waals surface area contributed by atoms with E-state index in [4.69, 9.17) is 9.47 Å². The zero-order chi connectivity index (χ0) is 20.5. The maximum absolute atomic E-state index is 12.3. The fourth-order valence-corrected chi connectivity index (χ4v) is 2.70. The minimum atomic E-state index is -0.256. The number of anilines is 2. The summed E-state index contributed by atoms with van der Waals surface area (Å²) in [4.78, 5) is 20.7. The maximum Gasteiger partial charge on any atom is 0.271 e. The van der Waals surface area contributed by atoms with Crippen molar-refractivity contribution in [2.24, 2.45) is 0 Å². The Morgan fingerprint density at radius 3 is 2.55 bits per heavy atom. The number of hydrogen-bond acceptors (Lipinski definition) is 6. The number of benzene rings is 2. The number of nitrogens with zero attached hydrogens (tertiary/aromatic N) is 2. The monoisotopic (exact) mass is 392 g/mol. The number of ether oxygens (including phenoxy) is 2. The van der Waals surface area contributed by atoms with Gasteiger partial charge in [-0.3, -0.25) is 4.79 Å². The Morgan fingerprint density at radius 1 is 1.03 bits per heavy atom. The van der Waals surface area contributed by atoms with Crippen LogP contribution in [0, 0.1) is 0 Å². The summed E-state index contributed by atoms with van der Waals surface area (Å²) in [7, 11) is 1.63. The lowest BCUT2D eigenvalue weighted by Gasteiger charge is -2.08. The van der Waals surface area contributed by atoms with Gasteiger partial charge in [-0.2, -0.15) is 0 Å². The Kier molecular flexibility index (Phi) is 7.00. The van der Waals surface area contributed by atoms with Crippen LogP contribution in [0.1, 0.15) is 23.0 Å². The first-order valence-corrected chi connectivity index (χ1v) is 9.41. The first kappa shape index (κ1) is 20.1. The summed E-state index contributed by atoms with van der Waals surface area (Å²) in [6.45, 7) is 3.07. The van der Waals surface area contributed by atoms with Gasteiger partial charge in [-0.25, -0.2) is 9.97 Å². The van der Waals surface area contributed by atoms with E-state index in [0.29, 0.717) is 25.4 Å². The highest BCUT2D eigenvalue weighted by Gasteiger charge is 2.08. The van der Waals surface area contributed by atoms with Crippen molar-refractivity contribution in [3.8, 4) is 11.5 Å². The van der Waals surface area contributed by atoms with Crippen molar-refractivity contribution >= 4 is 17.4 Å². The Bertz CT molecular complexity index is 928. The van der Waals surface area contributed by atoms with Crippen molar-refractivity contribution in [3.63, 3.8) is 0 Å². The Labute approximate surface area is 170 Å². The van der Waals surface area contributed by atoms with Crippen molar-refractivity contribution in [1.82, 2.24) is 15.3 Å². The smallest absolute Gasteiger partial charge is 0.271 e. The van der Waals surface area contributed by atoms with Gasteiger partial charge in [0.2, 0.25) is 0 Å². The van der Waals surface area contributed by atoms with E-state index in [-0.39, 0.29) is 11.6 Å². The van der Waals surface area contributed by atoms with Crippen molar-refractivity contribution in [3.05, 3.63) is 72.2 Å². The highest BCUT2D eigenvalue weighted by molar-refractivity contribution is 5.92. The third kappa shape index (κ3) is 5.93. The largest absolute Gasteiger partial charge is 0.497 e. The van der Waals surface area contributed by atoms with Crippen molar-refractivity contribution in [2.45, 2.75) is 13.3 Å². The average Bonchev–Trinajstić information content (AvgIpc) is 2.76. The van der Waals surface area contributed by atoms with Gasteiger partial charge in [0.25, 0.3) is 5.91 Å². The van der Waals surface area contributed by atoms with Gasteiger partial charge in [0.15, 0.2) is 0 Å². The number of carbonyl (C=O) groups excluding carboxylic acids is 1. The lowest BCUT2D eigenvalue weighted by molar-refractivity contribution is 0.0949. The molecule has 0 saturated heterocycles. The first-order valence-electron chi connectivity index (χ1n) is 9.41. The van der Waals surface area contributed by atoms with Gasteiger partial charge in [0.05, 0.1) is 26.1 Å². The Morgan fingerprint density at radius 2 is 1.86 bits per heavy atom. The highest BCUT2D eigenvalue weighted by atomic mass is 16.5. The molecule has 0 unspecified atom stereocenters. The second kappa shape index (κ2) is 10.1. The molecule has 1 amide bonds. The van der Waals surface area contributed by atoms with Gasteiger partial charge in [0.1, 0.15) is 23.0 Å². The molecule has 0 aliphatic heterocycles. The van der Waals surface area contributed by atoms with Crippen molar-refractivity contribution in [1.29, 1.82) is 0 Å². The molecule has 0 spiro atoms. The van der Waals surface area contributed by atoms with E-state index in [9.17, 15) is 4.79 Å². The van der Waals surface area contributed by atoms with E-state index in [2.05, 4.69) is 20.6 Å². The number of aromatic nitrogens is 2. The quantitative estimate of drug-likeness (QED) is 0.579. The summed E-state index contributed by atoms with van der Waals surface area (Å²) in [5, 5.41) is 6.00. The third-order valence-electron chi connectivity index (χ3n) is 4.16.